The van der Waals surface area contributed by atoms with Gasteiger partial charge in [-0.25, -0.2) is 8.78 Å². The quantitative estimate of drug-likeness (QED) is 0.749. The average Bonchev–Trinajstić information content (AvgIpc) is 3.14. The number of aromatic nitrogens is 3. The predicted molar refractivity (Wildman–Crippen MR) is 101 cm³/mol. The molecule has 6 nitrogen and oxygen atoms in total. The molecule has 0 radical (unpaired) electrons. The summed E-state index contributed by atoms with van der Waals surface area (Å²) in [4.78, 5) is 14.6. The van der Waals surface area contributed by atoms with Crippen LogP contribution in [0, 0.1) is 11.6 Å². The second kappa shape index (κ2) is 7.63. The topological polar surface area (TPSA) is 62.5 Å². The molecule has 2 aromatic heterocycles. The van der Waals surface area contributed by atoms with Crippen LogP contribution in [0.2, 0.25) is 0 Å². The second-order valence-electron chi connectivity index (χ2n) is 7.09. The maximum absolute atomic E-state index is 13.8. The number of halogens is 2. The van der Waals surface area contributed by atoms with E-state index in [9.17, 15) is 13.6 Å². The maximum atomic E-state index is 13.8. The monoisotopic (exact) mass is 385 g/mol. The van der Waals surface area contributed by atoms with Gasteiger partial charge in [0.25, 0.3) is 0 Å². The Morgan fingerprint density at radius 3 is 2.71 bits per heavy atom. The third-order valence-electron chi connectivity index (χ3n) is 5.35. The molecule has 0 saturated carbocycles. The number of piperidine rings is 1. The van der Waals surface area contributed by atoms with Crippen LogP contribution in [0.1, 0.15) is 31.5 Å². The molecule has 146 valence electrons. The van der Waals surface area contributed by atoms with Gasteiger partial charge in [-0.3, -0.25) is 14.1 Å². The third-order valence-corrected chi connectivity index (χ3v) is 5.35. The van der Waals surface area contributed by atoms with E-state index in [1.165, 1.54) is 6.07 Å². The molecule has 1 amide bonds. The van der Waals surface area contributed by atoms with Crippen LogP contribution < -0.4 is 5.32 Å². The van der Waals surface area contributed by atoms with Crippen LogP contribution in [0.3, 0.4) is 0 Å². The number of carbonyl (C=O) groups excluding carboxylic acids is 1. The number of rotatable bonds is 4. The molecular weight excluding hydrogens is 364 g/mol. The van der Waals surface area contributed by atoms with E-state index >= 15 is 0 Å². The summed E-state index contributed by atoms with van der Waals surface area (Å²) in [5.74, 6) is -0.541. The molecule has 28 heavy (non-hydrogen) atoms. The number of fused-ring (bicyclic) bond motifs is 1. The molecular formula is C20H21F2N5O. The van der Waals surface area contributed by atoms with Crippen molar-refractivity contribution in [3.05, 3.63) is 60.1 Å². The Morgan fingerprint density at radius 1 is 1.18 bits per heavy atom. The number of pyridine rings is 1. The van der Waals surface area contributed by atoms with Crippen molar-refractivity contribution in [1.82, 2.24) is 19.5 Å². The summed E-state index contributed by atoms with van der Waals surface area (Å²) >= 11 is 0. The number of carbonyl (C=O) groups is 1. The highest BCUT2D eigenvalue weighted by atomic mass is 19.1. The van der Waals surface area contributed by atoms with Gasteiger partial charge in [0.1, 0.15) is 17.5 Å². The lowest BCUT2D eigenvalue weighted by atomic mass is 9.95. The van der Waals surface area contributed by atoms with Crippen molar-refractivity contribution in [2.24, 2.45) is 0 Å². The molecule has 1 N–H and O–H groups in total. The average molecular weight is 385 g/mol. The third kappa shape index (κ3) is 3.60. The zero-order valence-corrected chi connectivity index (χ0v) is 15.5. The summed E-state index contributed by atoms with van der Waals surface area (Å²) in [5.41, 5.74) is 0.817. The molecule has 1 aliphatic heterocycles. The van der Waals surface area contributed by atoms with Crippen molar-refractivity contribution in [1.29, 1.82) is 0 Å². The molecule has 0 unspecified atom stereocenters. The van der Waals surface area contributed by atoms with Crippen molar-refractivity contribution in [2.75, 3.05) is 18.4 Å². The van der Waals surface area contributed by atoms with Crippen LogP contribution in [-0.4, -0.2) is 44.5 Å². The molecule has 1 atom stereocenters. The van der Waals surface area contributed by atoms with Gasteiger partial charge in [-0.1, -0.05) is 6.07 Å². The fraction of sp³-hybridized carbons (Fsp3) is 0.350. The van der Waals surface area contributed by atoms with Crippen LogP contribution in [0.15, 0.2) is 42.6 Å². The Labute approximate surface area is 161 Å². The van der Waals surface area contributed by atoms with Gasteiger partial charge in [0.2, 0.25) is 5.91 Å². The number of amides is 1. The zero-order chi connectivity index (χ0) is 19.7. The number of benzene rings is 1. The first kappa shape index (κ1) is 18.5. The SMILES string of the molecule is C[C@H](C(=O)Nc1ccc(F)cc1F)N1CCC(c2nnc3ccccn23)CC1. The van der Waals surface area contributed by atoms with Crippen LogP contribution in [-0.2, 0) is 4.79 Å². The van der Waals surface area contributed by atoms with E-state index in [0.717, 1.165) is 49.5 Å². The van der Waals surface area contributed by atoms with E-state index in [-0.39, 0.29) is 17.5 Å². The standard InChI is InChI=1S/C20H21F2N5O/c1-13(20(28)23-17-6-5-15(21)12-16(17)22)26-10-7-14(8-11-26)19-25-24-18-4-2-3-9-27(18)19/h2-6,9,12-14H,7-8,10-11H2,1H3,(H,23,28)/t13-/m1/s1. The largest absolute Gasteiger partial charge is 0.322 e. The summed E-state index contributed by atoms with van der Waals surface area (Å²) in [7, 11) is 0. The predicted octanol–water partition coefficient (Wildman–Crippen LogP) is 3.21. The number of nitrogens with zero attached hydrogens (tertiary/aromatic N) is 4. The van der Waals surface area contributed by atoms with Gasteiger partial charge in [0, 0.05) is 18.2 Å². The van der Waals surface area contributed by atoms with Crippen molar-refractivity contribution in [3.8, 4) is 0 Å². The highest BCUT2D eigenvalue weighted by Crippen LogP contribution is 2.28. The number of hydrogen-bond acceptors (Lipinski definition) is 4. The van der Waals surface area contributed by atoms with Crippen LogP contribution in [0.25, 0.3) is 5.65 Å². The van der Waals surface area contributed by atoms with Gasteiger partial charge < -0.3 is 5.32 Å². The lowest BCUT2D eigenvalue weighted by Crippen LogP contribution is -2.46. The molecule has 0 bridgehead atoms. The molecule has 4 rings (SSSR count). The van der Waals surface area contributed by atoms with Crippen molar-refractivity contribution >= 4 is 17.2 Å². The van der Waals surface area contributed by atoms with E-state index in [2.05, 4.69) is 20.4 Å². The first-order chi connectivity index (χ1) is 13.5. The van der Waals surface area contributed by atoms with E-state index in [4.69, 9.17) is 0 Å². The van der Waals surface area contributed by atoms with E-state index in [1.807, 2.05) is 28.8 Å². The van der Waals surface area contributed by atoms with E-state index in [1.54, 1.807) is 6.92 Å². The van der Waals surface area contributed by atoms with Gasteiger partial charge >= 0.3 is 0 Å². The number of hydrogen-bond donors (Lipinski definition) is 1. The molecule has 3 heterocycles. The van der Waals surface area contributed by atoms with Crippen LogP contribution >= 0.6 is 0 Å². The molecule has 1 aromatic carbocycles. The van der Waals surface area contributed by atoms with E-state index in [0.29, 0.717) is 0 Å². The van der Waals surface area contributed by atoms with Crippen LogP contribution in [0.4, 0.5) is 14.5 Å². The number of nitrogens with one attached hydrogen (secondary N) is 1. The maximum Gasteiger partial charge on any atom is 0.241 e. The summed E-state index contributed by atoms with van der Waals surface area (Å²) in [5, 5.41) is 11.1. The molecule has 3 aromatic rings. The lowest BCUT2D eigenvalue weighted by molar-refractivity contribution is -0.121. The first-order valence-corrected chi connectivity index (χ1v) is 9.32. The van der Waals surface area contributed by atoms with Crippen molar-refractivity contribution in [2.45, 2.75) is 31.7 Å². The Bertz CT molecular complexity index is 997. The summed E-state index contributed by atoms with van der Waals surface area (Å²) in [6.07, 6.45) is 3.68. The van der Waals surface area contributed by atoms with Crippen molar-refractivity contribution in [3.63, 3.8) is 0 Å². The Balaban J connectivity index is 1.38. The normalized spacial score (nSPS) is 17.0. The van der Waals surface area contributed by atoms with Gasteiger partial charge in [-0.05, 0) is 57.1 Å². The highest BCUT2D eigenvalue weighted by molar-refractivity contribution is 5.94. The minimum absolute atomic E-state index is 0.0111. The van der Waals surface area contributed by atoms with E-state index < -0.39 is 17.7 Å². The summed E-state index contributed by atoms with van der Waals surface area (Å²) in [6, 6.07) is 8.51. The van der Waals surface area contributed by atoms with Crippen LogP contribution in [0.5, 0.6) is 0 Å². The van der Waals surface area contributed by atoms with Gasteiger partial charge in [0.15, 0.2) is 5.65 Å². The minimum atomic E-state index is -0.780. The highest BCUT2D eigenvalue weighted by Gasteiger charge is 2.29. The fourth-order valence-corrected chi connectivity index (χ4v) is 3.68. The summed E-state index contributed by atoms with van der Waals surface area (Å²) < 4.78 is 28.8. The number of anilines is 1. The number of likely N-dealkylation sites (tertiary alicyclic amines) is 1. The molecule has 8 heteroatoms. The lowest BCUT2D eigenvalue weighted by Gasteiger charge is -2.34. The summed E-state index contributed by atoms with van der Waals surface area (Å²) in [6.45, 7) is 3.25. The Morgan fingerprint density at radius 2 is 1.96 bits per heavy atom. The molecule has 1 aliphatic rings. The smallest absolute Gasteiger partial charge is 0.241 e. The molecule has 1 saturated heterocycles. The first-order valence-electron chi connectivity index (χ1n) is 9.32. The Kier molecular flexibility index (Phi) is 5.04. The molecule has 1 fully saturated rings. The fourth-order valence-electron chi connectivity index (χ4n) is 3.68. The van der Waals surface area contributed by atoms with Crippen molar-refractivity contribution < 1.29 is 13.6 Å². The van der Waals surface area contributed by atoms with Gasteiger partial charge in [0.05, 0.1) is 11.7 Å². The second-order valence-corrected chi connectivity index (χ2v) is 7.09. The Hall–Kier alpha value is -2.87. The molecule has 0 aliphatic carbocycles. The molecule has 0 spiro atoms. The van der Waals surface area contributed by atoms with Gasteiger partial charge in [-0.15, -0.1) is 10.2 Å². The zero-order valence-electron chi connectivity index (χ0n) is 15.5. The van der Waals surface area contributed by atoms with Gasteiger partial charge in [-0.2, -0.15) is 0 Å². The minimum Gasteiger partial charge on any atom is -0.322 e.